The molecule has 1 nitrogen and oxygen atoms in total. The van der Waals surface area contributed by atoms with Crippen LogP contribution in [-0.2, 0) is 0 Å². The van der Waals surface area contributed by atoms with Gasteiger partial charge in [0.1, 0.15) is 5.01 Å². The van der Waals surface area contributed by atoms with Crippen molar-refractivity contribution in [2.45, 2.75) is 11.9 Å². The lowest BCUT2D eigenvalue weighted by atomic mass is 9.98. The maximum atomic E-state index is 9.13. The first kappa shape index (κ1) is 10.4. The van der Waals surface area contributed by atoms with Gasteiger partial charge in [-0.05, 0) is 0 Å². The SMILES string of the molecule is CC(CBr)(CBr)C(O)Br. The topological polar surface area (TPSA) is 20.2 Å². The molecule has 1 unspecified atom stereocenters. The van der Waals surface area contributed by atoms with E-state index in [9.17, 15) is 0 Å². The summed E-state index contributed by atoms with van der Waals surface area (Å²) >= 11 is 9.74. The molecule has 0 rings (SSSR count). The highest BCUT2D eigenvalue weighted by Gasteiger charge is 2.28. The van der Waals surface area contributed by atoms with Crippen LogP contribution >= 0.6 is 47.8 Å². The summed E-state index contributed by atoms with van der Waals surface area (Å²) in [6.45, 7) is 1.98. The van der Waals surface area contributed by atoms with E-state index in [0.29, 0.717) is 0 Å². The monoisotopic (exact) mass is 322 g/mol. The van der Waals surface area contributed by atoms with Crippen LogP contribution < -0.4 is 0 Å². The van der Waals surface area contributed by atoms with E-state index >= 15 is 0 Å². The van der Waals surface area contributed by atoms with Gasteiger partial charge < -0.3 is 5.11 Å². The summed E-state index contributed by atoms with van der Waals surface area (Å²) in [5.41, 5.74) is -0.111. The molecule has 0 aromatic heterocycles. The molecule has 1 N–H and O–H groups in total. The first-order valence-corrected chi connectivity index (χ1v) is 5.67. The number of halogens is 3. The van der Waals surface area contributed by atoms with E-state index in [1.54, 1.807) is 0 Å². The Bertz CT molecular complexity index is 80.3. The van der Waals surface area contributed by atoms with E-state index in [4.69, 9.17) is 5.11 Å². The summed E-state index contributed by atoms with van der Waals surface area (Å²) in [7, 11) is 0. The summed E-state index contributed by atoms with van der Waals surface area (Å²) in [6, 6.07) is 0. The van der Waals surface area contributed by atoms with Crippen LogP contribution in [0.25, 0.3) is 0 Å². The lowest BCUT2D eigenvalue weighted by molar-refractivity contribution is 0.158. The fourth-order valence-electron chi connectivity index (χ4n) is 0.163. The number of alkyl halides is 3. The maximum Gasteiger partial charge on any atom is 0.115 e. The highest BCUT2D eigenvalue weighted by atomic mass is 79.9. The van der Waals surface area contributed by atoms with Gasteiger partial charge in [0.05, 0.1) is 0 Å². The van der Waals surface area contributed by atoms with Crippen molar-refractivity contribution in [3.63, 3.8) is 0 Å². The highest BCUT2D eigenvalue weighted by molar-refractivity contribution is 9.10. The summed E-state index contributed by atoms with van der Waals surface area (Å²) in [5, 5.41) is 10.2. The van der Waals surface area contributed by atoms with Crippen LogP contribution in [0, 0.1) is 5.41 Å². The van der Waals surface area contributed by atoms with Crippen molar-refractivity contribution in [1.29, 1.82) is 0 Å². The van der Waals surface area contributed by atoms with Crippen LogP contribution in [-0.4, -0.2) is 20.8 Å². The van der Waals surface area contributed by atoms with E-state index in [1.165, 1.54) is 0 Å². The van der Waals surface area contributed by atoms with Gasteiger partial charge in [-0.1, -0.05) is 54.7 Å². The second-order valence-corrected chi connectivity index (χ2v) is 4.25. The summed E-state index contributed by atoms with van der Waals surface area (Å²) in [4.78, 5) is 0. The summed E-state index contributed by atoms with van der Waals surface area (Å²) in [5.74, 6) is 0. The molecule has 0 aromatic rings. The lowest BCUT2D eigenvalue weighted by Gasteiger charge is -2.26. The molecule has 0 saturated heterocycles. The number of aliphatic hydroxyl groups is 1. The maximum absolute atomic E-state index is 9.13. The highest BCUT2D eigenvalue weighted by Crippen LogP contribution is 2.29. The van der Waals surface area contributed by atoms with Gasteiger partial charge in [0.25, 0.3) is 0 Å². The zero-order chi connectivity index (χ0) is 7.49. The normalized spacial score (nSPS) is 15.7. The second-order valence-electron chi connectivity index (χ2n) is 2.26. The van der Waals surface area contributed by atoms with Crippen molar-refractivity contribution in [1.82, 2.24) is 0 Å². The number of hydrogen-bond donors (Lipinski definition) is 1. The van der Waals surface area contributed by atoms with Gasteiger partial charge in [-0.2, -0.15) is 0 Å². The third kappa shape index (κ3) is 2.87. The van der Waals surface area contributed by atoms with Crippen molar-refractivity contribution >= 4 is 47.8 Å². The molecule has 0 bridgehead atoms. The van der Waals surface area contributed by atoms with Crippen molar-refractivity contribution in [2.75, 3.05) is 10.7 Å². The Balaban J connectivity index is 3.92. The zero-order valence-electron chi connectivity index (χ0n) is 5.07. The molecule has 0 aliphatic carbocycles. The Labute approximate surface area is 80.6 Å². The van der Waals surface area contributed by atoms with Crippen LogP contribution in [0.1, 0.15) is 6.92 Å². The van der Waals surface area contributed by atoms with Crippen LogP contribution in [0.3, 0.4) is 0 Å². The van der Waals surface area contributed by atoms with Crippen LogP contribution in [0.2, 0.25) is 0 Å². The Morgan fingerprint density at radius 1 is 1.44 bits per heavy atom. The number of aliphatic hydroxyl groups excluding tert-OH is 1. The van der Waals surface area contributed by atoms with E-state index in [0.717, 1.165) is 10.7 Å². The molecule has 1 atom stereocenters. The molecule has 0 radical (unpaired) electrons. The summed E-state index contributed by atoms with van der Waals surface area (Å²) in [6.07, 6.45) is 0. The smallest absolute Gasteiger partial charge is 0.115 e. The standard InChI is InChI=1S/C5H9Br3O/c1-5(2-6,3-7)4(8)9/h4,9H,2-3H2,1H3. The first-order chi connectivity index (χ1) is 4.06. The van der Waals surface area contributed by atoms with Crippen LogP contribution in [0.5, 0.6) is 0 Å². The average molecular weight is 325 g/mol. The van der Waals surface area contributed by atoms with Crippen molar-refractivity contribution in [2.24, 2.45) is 5.41 Å². The van der Waals surface area contributed by atoms with E-state index < -0.39 is 5.01 Å². The average Bonchev–Trinajstić information content (AvgIpc) is 1.86. The molecule has 0 amide bonds. The van der Waals surface area contributed by atoms with Gasteiger partial charge in [-0.3, -0.25) is 0 Å². The van der Waals surface area contributed by atoms with Gasteiger partial charge in [0.2, 0.25) is 0 Å². The molecule has 0 aliphatic heterocycles. The lowest BCUT2D eigenvalue weighted by Crippen LogP contribution is -2.30. The molecule has 4 heteroatoms. The molecule has 0 spiro atoms. The fraction of sp³-hybridized carbons (Fsp3) is 1.00. The molecule has 56 valence electrons. The quantitative estimate of drug-likeness (QED) is 0.791. The molecule has 0 aliphatic rings. The second kappa shape index (κ2) is 4.31. The predicted octanol–water partition coefficient (Wildman–Crippen LogP) is 2.50. The fourth-order valence-corrected chi connectivity index (χ4v) is 2.90. The predicted molar refractivity (Wildman–Crippen MR) is 50.6 cm³/mol. The van der Waals surface area contributed by atoms with Gasteiger partial charge in [-0.25, -0.2) is 0 Å². The minimum absolute atomic E-state index is 0.111. The van der Waals surface area contributed by atoms with Gasteiger partial charge in [0, 0.05) is 16.1 Å². The molecule has 0 fully saturated rings. The minimum Gasteiger partial charge on any atom is -0.381 e. The largest absolute Gasteiger partial charge is 0.381 e. The first-order valence-electron chi connectivity index (χ1n) is 2.51. The van der Waals surface area contributed by atoms with Crippen molar-refractivity contribution in [3.05, 3.63) is 0 Å². The van der Waals surface area contributed by atoms with Crippen molar-refractivity contribution < 1.29 is 5.11 Å². The molecule has 0 aromatic carbocycles. The van der Waals surface area contributed by atoms with E-state index in [1.807, 2.05) is 6.92 Å². The van der Waals surface area contributed by atoms with Gasteiger partial charge >= 0.3 is 0 Å². The Morgan fingerprint density at radius 3 is 1.78 bits per heavy atom. The Kier molecular flexibility index (Phi) is 4.98. The zero-order valence-corrected chi connectivity index (χ0v) is 9.83. The molecular weight excluding hydrogens is 316 g/mol. The van der Waals surface area contributed by atoms with Gasteiger partial charge in [0.15, 0.2) is 0 Å². The van der Waals surface area contributed by atoms with Gasteiger partial charge in [-0.15, -0.1) is 0 Å². The number of hydrogen-bond acceptors (Lipinski definition) is 1. The molecular formula is C5H9Br3O. The van der Waals surface area contributed by atoms with Crippen LogP contribution in [0.15, 0.2) is 0 Å². The molecule has 0 heterocycles. The molecule has 9 heavy (non-hydrogen) atoms. The molecule has 0 saturated carbocycles. The third-order valence-corrected chi connectivity index (χ3v) is 4.85. The van der Waals surface area contributed by atoms with E-state index in [2.05, 4.69) is 47.8 Å². The third-order valence-electron chi connectivity index (χ3n) is 1.19. The Hall–Kier alpha value is 1.40. The summed E-state index contributed by atoms with van der Waals surface area (Å²) < 4.78 is 0. The van der Waals surface area contributed by atoms with Crippen LogP contribution in [0.4, 0.5) is 0 Å². The van der Waals surface area contributed by atoms with E-state index in [-0.39, 0.29) is 5.41 Å². The van der Waals surface area contributed by atoms with Crippen molar-refractivity contribution in [3.8, 4) is 0 Å². The minimum atomic E-state index is -0.455. The number of rotatable bonds is 3. The Morgan fingerprint density at radius 2 is 1.78 bits per heavy atom.